The van der Waals surface area contributed by atoms with Gasteiger partial charge in [0.15, 0.2) is 0 Å². The number of nitrogens with zero attached hydrogens (tertiary/aromatic N) is 4. The Bertz CT molecular complexity index is 1130. The predicted octanol–water partition coefficient (Wildman–Crippen LogP) is 3.07. The zero-order valence-electron chi connectivity index (χ0n) is 16.0. The molecule has 0 bridgehead atoms. The zero-order valence-corrected chi connectivity index (χ0v) is 16.7. The van der Waals surface area contributed by atoms with Crippen molar-refractivity contribution in [3.05, 3.63) is 57.6 Å². The first kappa shape index (κ1) is 18.2. The number of carbonyl (C=O) groups excluding carboxylic acids is 1. The molecule has 1 unspecified atom stereocenters. The summed E-state index contributed by atoms with van der Waals surface area (Å²) in [5.74, 6) is -0.0627. The Morgan fingerprint density at radius 2 is 2.00 bits per heavy atom. The second-order valence-corrected chi connectivity index (χ2v) is 8.24. The minimum atomic E-state index is -0.107. The highest BCUT2D eigenvalue weighted by atomic mass is 35.5. The number of H-pyrrole nitrogens is 1. The quantitative estimate of drug-likeness (QED) is 0.718. The van der Waals surface area contributed by atoms with Crippen LogP contribution in [0.25, 0.3) is 10.9 Å². The highest BCUT2D eigenvalue weighted by Crippen LogP contribution is 2.25. The lowest BCUT2D eigenvalue weighted by Gasteiger charge is -2.34. The van der Waals surface area contributed by atoms with E-state index >= 15 is 0 Å². The number of carbonyl (C=O) groups is 1. The van der Waals surface area contributed by atoms with Gasteiger partial charge in [-0.15, -0.1) is 0 Å². The molecule has 1 aromatic carbocycles. The maximum Gasteiger partial charge on any atom is 0.270 e. The summed E-state index contributed by atoms with van der Waals surface area (Å²) >= 11 is 6.04. The van der Waals surface area contributed by atoms with Crippen LogP contribution in [0.15, 0.2) is 41.3 Å². The van der Waals surface area contributed by atoms with Gasteiger partial charge in [-0.05, 0) is 37.5 Å². The van der Waals surface area contributed by atoms with Crippen LogP contribution in [-0.2, 0) is 0 Å². The first-order valence-corrected chi connectivity index (χ1v) is 10.4. The molecule has 2 aliphatic heterocycles. The normalized spacial score (nSPS) is 19.4. The Morgan fingerprint density at radius 1 is 1.14 bits per heavy atom. The first-order valence-electron chi connectivity index (χ1n) is 10.00. The number of likely N-dealkylation sites (tertiary alicyclic amines) is 1. The maximum absolute atomic E-state index is 13.1. The fraction of sp³-hybridized carbons (Fsp3) is 0.381. The summed E-state index contributed by atoms with van der Waals surface area (Å²) in [6, 6.07) is 8.93. The van der Waals surface area contributed by atoms with Gasteiger partial charge in [0.1, 0.15) is 5.69 Å². The molecule has 2 aromatic heterocycles. The Labute approximate surface area is 172 Å². The van der Waals surface area contributed by atoms with E-state index in [9.17, 15) is 9.59 Å². The molecule has 0 saturated carbocycles. The van der Waals surface area contributed by atoms with Gasteiger partial charge in [0.25, 0.3) is 11.5 Å². The third kappa shape index (κ3) is 3.40. The second-order valence-electron chi connectivity index (χ2n) is 7.80. The number of amides is 1. The Morgan fingerprint density at radius 3 is 2.76 bits per heavy atom. The summed E-state index contributed by atoms with van der Waals surface area (Å²) in [7, 11) is 0. The smallest absolute Gasteiger partial charge is 0.270 e. The van der Waals surface area contributed by atoms with E-state index in [1.54, 1.807) is 17.2 Å². The molecule has 0 aliphatic carbocycles. The first-order chi connectivity index (χ1) is 14.1. The molecule has 1 amide bonds. The SMILES string of the molecule is O=C(c1cc2ccc(Cl)cc2[nH]1)N1CCCC(n2ncc(N3CCC3)cc2=O)C1. The van der Waals surface area contributed by atoms with Crippen molar-refractivity contribution < 1.29 is 4.79 Å². The molecule has 8 heteroatoms. The molecule has 1 atom stereocenters. The van der Waals surface area contributed by atoms with E-state index in [2.05, 4.69) is 15.0 Å². The Balaban J connectivity index is 1.35. The monoisotopic (exact) mass is 411 g/mol. The Hall–Kier alpha value is -2.80. The molecule has 2 saturated heterocycles. The van der Waals surface area contributed by atoms with Crippen molar-refractivity contribution in [1.82, 2.24) is 19.7 Å². The van der Waals surface area contributed by atoms with Gasteiger partial charge in [0.05, 0.1) is 17.9 Å². The summed E-state index contributed by atoms with van der Waals surface area (Å²) in [5, 5.41) is 6.00. The van der Waals surface area contributed by atoms with Crippen LogP contribution < -0.4 is 10.5 Å². The summed E-state index contributed by atoms with van der Waals surface area (Å²) in [5.41, 5.74) is 2.16. The molecule has 0 radical (unpaired) electrons. The number of rotatable bonds is 3. The molecule has 2 fully saturated rings. The van der Waals surface area contributed by atoms with Gasteiger partial charge in [-0.2, -0.15) is 5.10 Å². The summed E-state index contributed by atoms with van der Waals surface area (Å²) in [6.45, 7) is 3.11. The molecule has 7 nitrogen and oxygen atoms in total. The molecule has 3 aromatic rings. The lowest BCUT2D eigenvalue weighted by molar-refractivity contribution is 0.0665. The number of hydrogen-bond donors (Lipinski definition) is 1. The van der Waals surface area contributed by atoms with Gasteiger partial charge in [0, 0.05) is 48.2 Å². The third-order valence-corrected chi connectivity index (χ3v) is 6.11. The van der Waals surface area contributed by atoms with Gasteiger partial charge in [0.2, 0.25) is 0 Å². The average Bonchev–Trinajstić information content (AvgIpc) is 3.09. The van der Waals surface area contributed by atoms with Crippen LogP contribution in [0.5, 0.6) is 0 Å². The van der Waals surface area contributed by atoms with Crippen molar-refractivity contribution in [2.45, 2.75) is 25.3 Å². The average molecular weight is 412 g/mol. The van der Waals surface area contributed by atoms with Crippen LogP contribution in [0.1, 0.15) is 35.8 Å². The van der Waals surface area contributed by atoms with Gasteiger partial charge in [-0.3, -0.25) is 9.59 Å². The van der Waals surface area contributed by atoms with E-state index in [1.165, 1.54) is 4.68 Å². The number of anilines is 1. The molecule has 2 aliphatic rings. The second kappa shape index (κ2) is 7.22. The summed E-state index contributed by atoms with van der Waals surface area (Å²) in [4.78, 5) is 32.8. The standard InChI is InChI=1S/C21H22ClN5O2/c22-15-5-4-14-9-19(24-18(14)10-15)21(29)26-6-1-3-16(13-26)27-20(28)11-17(12-23-27)25-7-2-8-25/h4-5,9-12,16,24H,1-3,6-8,13H2. The third-order valence-electron chi connectivity index (χ3n) is 5.88. The molecule has 1 N–H and O–H groups in total. The number of aromatic nitrogens is 3. The fourth-order valence-electron chi connectivity index (χ4n) is 4.15. The van der Waals surface area contributed by atoms with Crippen molar-refractivity contribution >= 4 is 34.1 Å². The van der Waals surface area contributed by atoms with Crippen LogP contribution in [-0.4, -0.2) is 51.8 Å². The highest BCUT2D eigenvalue weighted by Gasteiger charge is 2.28. The minimum Gasteiger partial charge on any atom is -0.370 e. The van der Waals surface area contributed by atoms with Gasteiger partial charge in [-0.1, -0.05) is 17.7 Å². The van der Waals surface area contributed by atoms with E-state index in [4.69, 9.17) is 11.6 Å². The van der Waals surface area contributed by atoms with Crippen LogP contribution in [0.3, 0.4) is 0 Å². The number of nitrogens with one attached hydrogen (secondary N) is 1. The number of hydrogen-bond acceptors (Lipinski definition) is 4. The van der Waals surface area contributed by atoms with E-state index in [1.807, 2.05) is 24.3 Å². The molecule has 5 rings (SSSR count). The number of aromatic amines is 1. The fourth-order valence-corrected chi connectivity index (χ4v) is 4.33. The van der Waals surface area contributed by atoms with E-state index in [-0.39, 0.29) is 17.5 Å². The summed E-state index contributed by atoms with van der Waals surface area (Å²) < 4.78 is 1.54. The van der Waals surface area contributed by atoms with E-state index in [0.29, 0.717) is 23.8 Å². The molecular formula is C21H22ClN5O2. The molecule has 150 valence electrons. The van der Waals surface area contributed by atoms with Crippen LogP contribution >= 0.6 is 11.6 Å². The van der Waals surface area contributed by atoms with E-state index in [0.717, 1.165) is 48.9 Å². The van der Waals surface area contributed by atoms with Crippen LogP contribution in [0.2, 0.25) is 5.02 Å². The van der Waals surface area contributed by atoms with Crippen LogP contribution in [0, 0.1) is 0 Å². The minimum absolute atomic E-state index is 0.0627. The maximum atomic E-state index is 13.1. The van der Waals surface area contributed by atoms with Crippen molar-refractivity contribution in [1.29, 1.82) is 0 Å². The number of halogens is 1. The van der Waals surface area contributed by atoms with Crippen molar-refractivity contribution in [3.8, 4) is 0 Å². The highest BCUT2D eigenvalue weighted by molar-refractivity contribution is 6.31. The van der Waals surface area contributed by atoms with Gasteiger partial charge < -0.3 is 14.8 Å². The zero-order chi connectivity index (χ0) is 20.0. The van der Waals surface area contributed by atoms with E-state index < -0.39 is 0 Å². The number of fused-ring (bicyclic) bond motifs is 1. The van der Waals surface area contributed by atoms with Crippen molar-refractivity contribution in [2.75, 3.05) is 31.1 Å². The van der Waals surface area contributed by atoms with Crippen LogP contribution in [0.4, 0.5) is 5.69 Å². The summed E-state index contributed by atoms with van der Waals surface area (Å²) in [6.07, 6.45) is 4.60. The van der Waals surface area contributed by atoms with Crippen molar-refractivity contribution in [3.63, 3.8) is 0 Å². The number of benzene rings is 1. The topological polar surface area (TPSA) is 74.2 Å². The van der Waals surface area contributed by atoms with Gasteiger partial charge >= 0.3 is 0 Å². The predicted molar refractivity (Wildman–Crippen MR) is 113 cm³/mol. The number of piperidine rings is 1. The molecule has 0 spiro atoms. The lowest BCUT2D eigenvalue weighted by atomic mass is 10.1. The van der Waals surface area contributed by atoms with Crippen molar-refractivity contribution in [2.24, 2.45) is 0 Å². The molecule has 29 heavy (non-hydrogen) atoms. The largest absolute Gasteiger partial charge is 0.370 e. The van der Waals surface area contributed by atoms with Gasteiger partial charge in [-0.25, -0.2) is 4.68 Å². The Kier molecular flexibility index (Phi) is 4.54. The lowest BCUT2D eigenvalue weighted by Crippen LogP contribution is -2.44. The molecule has 4 heterocycles. The molecular weight excluding hydrogens is 390 g/mol.